The number of rotatable bonds is 5. The van der Waals surface area contributed by atoms with E-state index in [1.807, 2.05) is 10.9 Å². The molecular formula is C17H19N7O3. The Morgan fingerprint density at radius 3 is 2.41 bits per heavy atom. The molecule has 1 aromatic carbocycles. The Morgan fingerprint density at radius 1 is 1.07 bits per heavy atom. The van der Waals surface area contributed by atoms with Crippen molar-refractivity contribution in [1.82, 2.24) is 19.9 Å². The van der Waals surface area contributed by atoms with E-state index in [0.29, 0.717) is 17.5 Å². The molecule has 1 saturated heterocycles. The summed E-state index contributed by atoms with van der Waals surface area (Å²) >= 11 is 0. The minimum Gasteiger partial charge on any atom is -0.487 e. The highest BCUT2D eigenvalue weighted by atomic mass is 16.5. The second-order valence-corrected chi connectivity index (χ2v) is 6.61. The third-order valence-electron chi connectivity index (χ3n) is 4.71. The van der Waals surface area contributed by atoms with Gasteiger partial charge in [0.1, 0.15) is 18.1 Å². The van der Waals surface area contributed by atoms with Gasteiger partial charge in [0.15, 0.2) is 0 Å². The molecule has 0 radical (unpaired) electrons. The van der Waals surface area contributed by atoms with Crippen LogP contribution in [-0.2, 0) is 6.61 Å². The number of urea groups is 2. The lowest BCUT2D eigenvalue weighted by molar-refractivity contribution is 0.210. The summed E-state index contributed by atoms with van der Waals surface area (Å²) in [6.07, 6.45) is 4.05. The fourth-order valence-corrected chi connectivity index (χ4v) is 3.14. The predicted octanol–water partition coefficient (Wildman–Crippen LogP) is 2.64. The van der Waals surface area contributed by atoms with Gasteiger partial charge < -0.3 is 9.64 Å². The summed E-state index contributed by atoms with van der Waals surface area (Å²) in [6, 6.07) is 5.56. The number of amides is 4. The maximum absolute atomic E-state index is 11.5. The van der Waals surface area contributed by atoms with Crippen LogP contribution in [0.1, 0.15) is 24.6 Å². The molecule has 1 fully saturated rings. The number of hydrogen-bond acceptors (Lipinski definition) is 6. The van der Waals surface area contributed by atoms with Crippen molar-refractivity contribution in [2.45, 2.75) is 25.5 Å². The van der Waals surface area contributed by atoms with E-state index in [1.165, 1.54) is 0 Å². The molecule has 10 heteroatoms. The third-order valence-corrected chi connectivity index (χ3v) is 4.71. The van der Waals surface area contributed by atoms with Crippen molar-refractivity contribution >= 4 is 17.7 Å². The van der Waals surface area contributed by atoms with Crippen molar-refractivity contribution in [3.8, 4) is 5.75 Å². The van der Waals surface area contributed by atoms with Gasteiger partial charge in [-0.25, -0.2) is 19.2 Å². The number of piperidine rings is 1. The number of nitrogens with zero attached hydrogens (tertiary/aromatic N) is 7. The summed E-state index contributed by atoms with van der Waals surface area (Å²) in [5.74, 6) is 0.598. The first-order chi connectivity index (χ1) is 13.1. The average molecular weight is 369 g/mol. The molecule has 0 unspecified atom stereocenters. The molecular weight excluding hydrogens is 350 g/mol. The van der Waals surface area contributed by atoms with Crippen molar-refractivity contribution in [3.63, 3.8) is 0 Å². The van der Waals surface area contributed by atoms with E-state index < -0.39 is 12.1 Å². The van der Waals surface area contributed by atoms with Crippen LogP contribution < -0.4 is 9.64 Å². The molecule has 4 rings (SSSR count). The Balaban J connectivity index is 1.34. The van der Waals surface area contributed by atoms with Gasteiger partial charge in [-0.1, -0.05) is 15.4 Å². The topological polar surface area (TPSA) is 105 Å². The predicted molar refractivity (Wildman–Crippen MR) is 94.7 cm³/mol. The van der Waals surface area contributed by atoms with Crippen molar-refractivity contribution in [1.29, 1.82) is 0 Å². The van der Waals surface area contributed by atoms with E-state index in [2.05, 4.69) is 32.5 Å². The van der Waals surface area contributed by atoms with Gasteiger partial charge in [0, 0.05) is 0 Å². The Labute approximate surface area is 155 Å². The molecule has 0 saturated carbocycles. The van der Waals surface area contributed by atoms with Crippen LogP contribution in [0.5, 0.6) is 5.75 Å². The van der Waals surface area contributed by atoms with Crippen LogP contribution in [-0.4, -0.2) is 52.1 Å². The maximum Gasteiger partial charge on any atom is 0.375 e. The molecule has 2 aliphatic heterocycles. The van der Waals surface area contributed by atoms with Gasteiger partial charge in [-0.3, -0.25) is 0 Å². The molecule has 0 atom stereocenters. The SMILES string of the molecule is CN1CCC(n2cc(COc3ccc(N4C(=O)N=NC4=O)cc3)nn2)CC1. The Morgan fingerprint density at radius 2 is 1.74 bits per heavy atom. The van der Waals surface area contributed by atoms with E-state index >= 15 is 0 Å². The van der Waals surface area contributed by atoms with Crippen LogP contribution in [0.4, 0.5) is 15.3 Å². The van der Waals surface area contributed by atoms with E-state index in [9.17, 15) is 9.59 Å². The van der Waals surface area contributed by atoms with Gasteiger partial charge in [0.25, 0.3) is 0 Å². The highest BCUT2D eigenvalue weighted by Gasteiger charge is 2.28. The quantitative estimate of drug-likeness (QED) is 0.802. The molecule has 10 nitrogen and oxygen atoms in total. The molecule has 0 aliphatic carbocycles. The van der Waals surface area contributed by atoms with Crippen LogP contribution in [0.3, 0.4) is 0 Å². The van der Waals surface area contributed by atoms with Gasteiger partial charge in [-0.05, 0) is 57.2 Å². The number of likely N-dealkylation sites (tertiary alicyclic amines) is 1. The molecule has 27 heavy (non-hydrogen) atoms. The summed E-state index contributed by atoms with van der Waals surface area (Å²) in [6.45, 7) is 2.41. The first kappa shape index (κ1) is 17.3. The number of azo groups is 1. The second-order valence-electron chi connectivity index (χ2n) is 6.61. The average Bonchev–Trinajstić information content (AvgIpc) is 3.28. The van der Waals surface area contributed by atoms with Crippen LogP contribution in [0.25, 0.3) is 0 Å². The van der Waals surface area contributed by atoms with Gasteiger partial charge in [-0.2, -0.15) is 0 Å². The lowest BCUT2D eigenvalue weighted by Gasteiger charge is -2.28. The number of aromatic nitrogens is 3. The van der Waals surface area contributed by atoms with E-state index in [0.717, 1.165) is 36.5 Å². The molecule has 2 aliphatic rings. The summed E-state index contributed by atoms with van der Waals surface area (Å²) in [4.78, 5) is 26.3. The molecule has 2 aromatic rings. The van der Waals surface area contributed by atoms with Gasteiger partial charge in [0.2, 0.25) is 0 Å². The van der Waals surface area contributed by atoms with Crippen LogP contribution in [0.2, 0.25) is 0 Å². The van der Waals surface area contributed by atoms with Crippen molar-refractivity contribution < 1.29 is 14.3 Å². The largest absolute Gasteiger partial charge is 0.487 e. The molecule has 0 bridgehead atoms. The lowest BCUT2D eigenvalue weighted by atomic mass is 10.1. The summed E-state index contributed by atoms with van der Waals surface area (Å²) in [5, 5.41) is 14.9. The first-order valence-electron chi connectivity index (χ1n) is 8.72. The van der Waals surface area contributed by atoms with E-state index in [1.54, 1.807) is 24.3 Å². The highest BCUT2D eigenvalue weighted by molar-refractivity contribution is 6.17. The molecule has 4 amide bonds. The highest BCUT2D eigenvalue weighted by Crippen LogP contribution is 2.24. The monoisotopic (exact) mass is 369 g/mol. The first-order valence-corrected chi connectivity index (χ1v) is 8.72. The smallest absolute Gasteiger partial charge is 0.375 e. The fraction of sp³-hybridized carbons (Fsp3) is 0.412. The van der Waals surface area contributed by atoms with E-state index in [4.69, 9.17) is 4.74 Å². The third kappa shape index (κ3) is 3.70. The Hall–Kier alpha value is -3.14. The van der Waals surface area contributed by atoms with Crippen molar-refractivity contribution in [2.75, 3.05) is 25.0 Å². The minimum atomic E-state index is -0.695. The van der Waals surface area contributed by atoms with Crippen LogP contribution >= 0.6 is 0 Å². The van der Waals surface area contributed by atoms with E-state index in [-0.39, 0.29) is 6.61 Å². The molecule has 1 aromatic heterocycles. The zero-order valence-corrected chi connectivity index (χ0v) is 14.9. The van der Waals surface area contributed by atoms with Crippen molar-refractivity contribution in [2.24, 2.45) is 10.2 Å². The molecule has 0 spiro atoms. The molecule has 0 N–H and O–H groups in total. The number of imide groups is 1. The number of carbonyl (C=O) groups excluding carboxylic acids is 2. The van der Waals surface area contributed by atoms with Crippen LogP contribution in [0.15, 0.2) is 40.7 Å². The van der Waals surface area contributed by atoms with Gasteiger partial charge in [0.05, 0.1) is 17.9 Å². The summed E-state index contributed by atoms with van der Waals surface area (Å²) < 4.78 is 7.64. The minimum absolute atomic E-state index is 0.290. The maximum atomic E-state index is 11.5. The fourth-order valence-electron chi connectivity index (χ4n) is 3.14. The summed E-state index contributed by atoms with van der Waals surface area (Å²) in [7, 11) is 2.13. The normalized spacial score (nSPS) is 18.5. The van der Waals surface area contributed by atoms with Crippen molar-refractivity contribution in [3.05, 3.63) is 36.2 Å². The number of benzene rings is 1. The zero-order chi connectivity index (χ0) is 18.8. The van der Waals surface area contributed by atoms with Gasteiger partial charge >= 0.3 is 12.1 Å². The van der Waals surface area contributed by atoms with Gasteiger partial charge in [-0.15, -0.1) is 5.10 Å². The number of anilines is 1. The zero-order valence-electron chi connectivity index (χ0n) is 14.9. The lowest BCUT2D eigenvalue weighted by Crippen LogP contribution is -2.31. The Kier molecular flexibility index (Phi) is 4.63. The Bertz CT molecular complexity index is 851. The molecule has 3 heterocycles. The second kappa shape index (κ2) is 7.23. The summed E-state index contributed by atoms with van der Waals surface area (Å²) in [5.41, 5.74) is 1.15. The standard InChI is InChI=1S/C17H19N7O3/c1-22-8-6-13(7-9-22)23-10-12(18-21-23)11-27-15-4-2-14(3-5-15)24-16(25)19-20-17(24)26/h2-5,10,13H,6-9,11H2,1H3. The number of hydrogen-bond donors (Lipinski definition) is 0. The number of ether oxygens (including phenoxy) is 1. The molecule has 140 valence electrons. The van der Waals surface area contributed by atoms with Crippen LogP contribution in [0, 0.1) is 0 Å². The number of carbonyl (C=O) groups is 2.